The van der Waals surface area contributed by atoms with Gasteiger partial charge in [-0.3, -0.25) is 9.88 Å². The molecule has 0 amide bonds. The molecule has 2 atom stereocenters. The number of hydrogen-bond acceptors (Lipinski definition) is 4. The predicted molar refractivity (Wildman–Crippen MR) is 149 cm³/mol. The largest absolute Gasteiger partial charge is 0.379 e. The monoisotopic (exact) mass is 503 g/mol. The predicted octanol–water partition coefficient (Wildman–Crippen LogP) is 4.80. The van der Waals surface area contributed by atoms with E-state index in [0.29, 0.717) is 0 Å². The first-order valence-corrected chi connectivity index (χ1v) is 13.4. The van der Waals surface area contributed by atoms with Crippen LogP contribution in [0.2, 0.25) is 0 Å². The summed E-state index contributed by atoms with van der Waals surface area (Å²) in [5, 5.41) is 4.44. The molecule has 0 saturated carbocycles. The Balaban J connectivity index is 1.50. The van der Waals surface area contributed by atoms with Gasteiger partial charge in [0.1, 0.15) is 0 Å². The zero-order valence-electron chi connectivity index (χ0n) is 21.8. The molecule has 4 heterocycles. The molecule has 2 aromatic heterocycles. The molecule has 2 aliphatic rings. The summed E-state index contributed by atoms with van der Waals surface area (Å²) in [4.78, 5) is 9.61. The van der Waals surface area contributed by atoms with Gasteiger partial charge in [-0.25, -0.2) is 0 Å². The second-order valence-electron chi connectivity index (χ2n) is 10.0. The molecule has 2 fully saturated rings. The van der Waals surface area contributed by atoms with Gasteiger partial charge in [-0.2, -0.15) is 0 Å². The van der Waals surface area contributed by atoms with Gasteiger partial charge in [0.2, 0.25) is 0 Å². The second-order valence-corrected chi connectivity index (χ2v) is 10.4. The molecule has 0 bridgehead atoms. The molecule has 1 N–H and O–H groups in total. The van der Waals surface area contributed by atoms with Gasteiger partial charge in [0.25, 0.3) is 0 Å². The summed E-state index contributed by atoms with van der Waals surface area (Å²) in [6.45, 7) is 14.5. The lowest BCUT2D eigenvalue weighted by Crippen LogP contribution is -2.39. The molecule has 6 nitrogen and oxygen atoms in total. The molecule has 36 heavy (non-hydrogen) atoms. The Morgan fingerprint density at radius 2 is 1.83 bits per heavy atom. The molecule has 0 radical (unpaired) electrons. The number of rotatable bonds is 7. The van der Waals surface area contributed by atoms with Gasteiger partial charge in [-0.05, 0) is 87.3 Å². The molecule has 2 aliphatic heterocycles. The molecular formula is C29H37N5OS. The van der Waals surface area contributed by atoms with Crippen LogP contribution in [0.15, 0.2) is 48.7 Å². The van der Waals surface area contributed by atoms with Crippen molar-refractivity contribution in [3.8, 4) is 5.69 Å². The third-order valence-corrected chi connectivity index (χ3v) is 8.13. The first-order chi connectivity index (χ1) is 17.5. The lowest BCUT2D eigenvalue weighted by Gasteiger charge is -2.30. The molecule has 2 saturated heterocycles. The molecule has 190 valence electrons. The lowest BCUT2D eigenvalue weighted by atomic mass is 9.96. The highest BCUT2D eigenvalue weighted by Crippen LogP contribution is 2.41. The first-order valence-electron chi connectivity index (χ1n) is 13.0. The van der Waals surface area contributed by atoms with E-state index in [-0.39, 0.29) is 12.1 Å². The molecule has 3 aromatic rings. The normalized spacial score (nSPS) is 20.7. The van der Waals surface area contributed by atoms with E-state index in [9.17, 15) is 0 Å². The first kappa shape index (κ1) is 24.9. The van der Waals surface area contributed by atoms with Gasteiger partial charge in [-0.15, -0.1) is 0 Å². The van der Waals surface area contributed by atoms with E-state index in [1.54, 1.807) is 0 Å². The third-order valence-electron chi connectivity index (χ3n) is 7.78. The van der Waals surface area contributed by atoms with Crippen LogP contribution in [0.1, 0.15) is 52.3 Å². The van der Waals surface area contributed by atoms with Gasteiger partial charge in [0.05, 0.1) is 31.0 Å². The average molecular weight is 504 g/mol. The van der Waals surface area contributed by atoms with Crippen molar-refractivity contribution in [3.63, 3.8) is 0 Å². The van der Waals surface area contributed by atoms with Crippen molar-refractivity contribution in [2.24, 2.45) is 0 Å². The molecule has 0 spiro atoms. The summed E-state index contributed by atoms with van der Waals surface area (Å²) in [5.74, 6) is 0. The van der Waals surface area contributed by atoms with Crippen LogP contribution >= 0.6 is 12.2 Å². The van der Waals surface area contributed by atoms with Crippen molar-refractivity contribution < 1.29 is 4.74 Å². The van der Waals surface area contributed by atoms with Gasteiger partial charge >= 0.3 is 0 Å². The summed E-state index contributed by atoms with van der Waals surface area (Å²) in [6, 6.07) is 15.1. The molecular weight excluding hydrogens is 466 g/mol. The zero-order valence-corrected chi connectivity index (χ0v) is 22.6. The van der Waals surface area contributed by atoms with Crippen molar-refractivity contribution >= 4 is 17.3 Å². The van der Waals surface area contributed by atoms with Crippen molar-refractivity contribution in [1.29, 1.82) is 0 Å². The van der Waals surface area contributed by atoms with E-state index in [2.05, 4.69) is 83.8 Å². The number of aromatic nitrogens is 2. The van der Waals surface area contributed by atoms with Gasteiger partial charge < -0.3 is 19.5 Å². The number of nitrogens with one attached hydrogen (secondary N) is 1. The fourth-order valence-electron chi connectivity index (χ4n) is 5.71. The number of ether oxygens (including phenoxy) is 1. The van der Waals surface area contributed by atoms with E-state index in [4.69, 9.17) is 21.9 Å². The van der Waals surface area contributed by atoms with Crippen LogP contribution in [0.5, 0.6) is 0 Å². The quantitative estimate of drug-likeness (QED) is 0.468. The Morgan fingerprint density at radius 3 is 2.58 bits per heavy atom. The van der Waals surface area contributed by atoms with Gasteiger partial charge in [-0.1, -0.05) is 18.2 Å². The van der Waals surface area contributed by atoms with Crippen LogP contribution in [-0.4, -0.2) is 63.9 Å². The van der Waals surface area contributed by atoms with Crippen LogP contribution < -0.4 is 5.32 Å². The second kappa shape index (κ2) is 10.7. The highest BCUT2D eigenvalue weighted by atomic mass is 32.1. The summed E-state index contributed by atoms with van der Waals surface area (Å²) < 4.78 is 7.92. The van der Waals surface area contributed by atoms with Crippen molar-refractivity contribution in [1.82, 2.24) is 24.7 Å². The van der Waals surface area contributed by atoms with Gasteiger partial charge in [0, 0.05) is 49.5 Å². The maximum absolute atomic E-state index is 5.93. The number of benzene rings is 1. The average Bonchev–Trinajstić information content (AvgIpc) is 3.37. The fraction of sp³-hybridized carbons (Fsp3) is 0.448. The number of morpholine rings is 1. The van der Waals surface area contributed by atoms with Crippen molar-refractivity contribution in [3.05, 3.63) is 82.4 Å². The number of pyridine rings is 1. The summed E-state index contributed by atoms with van der Waals surface area (Å²) in [7, 11) is 0. The number of hydrogen-bond donors (Lipinski definition) is 1. The molecule has 1 aromatic carbocycles. The number of nitrogens with zero attached hydrogens (tertiary/aromatic N) is 4. The molecule has 0 aliphatic carbocycles. The molecule has 5 rings (SSSR count). The topological polar surface area (TPSA) is 45.6 Å². The lowest BCUT2D eigenvalue weighted by molar-refractivity contribution is 0.0365. The highest BCUT2D eigenvalue weighted by molar-refractivity contribution is 7.80. The minimum Gasteiger partial charge on any atom is -0.379 e. The minimum absolute atomic E-state index is 0.00893. The highest BCUT2D eigenvalue weighted by Gasteiger charge is 2.41. The van der Waals surface area contributed by atoms with E-state index in [1.807, 2.05) is 12.3 Å². The Hall–Kier alpha value is -2.74. The Bertz CT molecular complexity index is 1220. The molecule has 2 unspecified atom stereocenters. The van der Waals surface area contributed by atoms with E-state index in [0.717, 1.165) is 56.6 Å². The number of aryl methyl sites for hydroxylation is 2. The van der Waals surface area contributed by atoms with Crippen molar-refractivity contribution in [2.45, 2.75) is 46.2 Å². The fourth-order valence-corrected chi connectivity index (χ4v) is 6.04. The number of thiocarbonyl (C=S) groups is 1. The Kier molecular flexibility index (Phi) is 7.42. The van der Waals surface area contributed by atoms with Gasteiger partial charge in [0.15, 0.2) is 5.11 Å². The van der Waals surface area contributed by atoms with Crippen LogP contribution in [0.4, 0.5) is 0 Å². The summed E-state index contributed by atoms with van der Waals surface area (Å²) in [6.07, 6.45) is 2.93. The Labute approximate surface area is 220 Å². The zero-order chi connectivity index (χ0) is 25.2. The summed E-state index contributed by atoms with van der Waals surface area (Å²) >= 11 is 5.93. The smallest absolute Gasteiger partial charge is 0.170 e. The molecule has 7 heteroatoms. The van der Waals surface area contributed by atoms with Crippen LogP contribution in [-0.2, 0) is 4.74 Å². The van der Waals surface area contributed by atoms with Crippen LogP contribution in [0.25, 0.3) is 5.69 Å². The third kappa shape index (κ3) is 4.80. The van der Waals surface area contributed by atoms with Crippen LogP contribution in [0.3, 0.4) is 0 Å². The standard InChI is InChI=1S/C29H37N5OS/c1-20-9-7-11-26(22(20)3)34-21(2)19-24(23(34)4)28-27(25-10-5-6-12-30-25)31-29(36)33(28)14-8-13-32-15-17-35-18-16-32/h5-7,9-12,19,27-28H,8,13-18H2,1-4H3,(H,31,36). The van der Waals surface area contributed by atoms with E-state index < -0.39 is 0 Å². The summed E-state index contributed by atoms with van der Waals surface area (Å²) in [5.41, 5.74) is 8.70. The van der Waals surface area contributed by atoms with E-state index in [1.165, 1.54) is 33.8 Å². The SMILES string of the molecule is Cc1cccc(-n2c(C)cc(C3C(c4ccccn4)NC(=S)N3CCCN3CCOCC3)c2C)c1C. The maximum atomic E-state index is 5.93. The van der Waals surface area contributed by atoms with Crippen molar-refractivity contribution in [2.75, 3.05) is 39.4 Å². The maximum Gasteiger partial charge on any atom is 0.170 e. The minimum atomic E-state index is 0.00893. The van der Waals surface area contributed by atoms with Crippen LogP contribution in [0, 0.1) is 27.7 Å². The van der Waals surface area contributed by atoms with E-state index >= 15 is 0 Å². The Morgan fingerprint density at radius 1 is 1.03 bits per heavy atom.